The van der Waals surface area contributed by atoms with E-state index in [2.05, 4.69) is 36.4 Å². The molecule has 1 aliphatic carbocycles. The van der Waals surface area contributed by atoms with Crippen LogP contribution in [-0.2, 0) is 4.74 Å². The van der Waals surface area contributed by atoms with Crippen molar-refractivity contribution in [3.8, 4) is 5.75 Å². The van der Waals surface area contributed by atoms with Crippen molar-refractivity contribution in [3.05, 3.63) is 47.2 Å². The molecule has 0 aromatic heterocycles. The van der Waals surface area contributed by atoms with Crippen molar-refractivity contribution in [2.75, 3.05) is 7.11 Å². The molecule has 0 saturated carbocycles. The summed E-state index contributed by atoms with van der Waals surface area (Å²) in [6, 6.07) is 12.9. The first-order chi connectivity index (χ1) is 9.36. The minimum Gasteiger partial charge on any atom is -0.496 e. The molecule has 0 spiro atoms. The van der Waals surface area contributed by atoms with Gasteiger partial charge in [-0.1, -0.05) is 30.3 Å². The van der Waals surface area contributed by atoms with Crippen LogP contribution in [0.3, 0.4) is 0 Å². The Morgan fingerprint density at radius 1 is 1.00 bits per heavy atom. The molecule has 1 aliphatic heterocycles. The Morgan fingerprint density at radius 2 is 1.89 bits per heavy atom. The van der Waals surface area contributed by atoms with Crippen LogP contribution in [0, 0.1) is 0 Å². The first kappa shape index (κ1) is 9.82. The van der Waals surface area contributed by atoms with E-state index in [-0.39, 0.29) is 12.2 Å². The summed E-state index contributed by atoms with van der Waals surface area (Å²) >= 11 is 0. The highest BCUT2D eigenvalue weighted by molar-refractivity contribution is 6.14. The lowest BCUT2D eigenvalue weighted by molar-refractivity contribution is 0.401. The molecule has 3 aromatic carbocycles. The average Bonchev–Trinajstić information content (AvgIpc) is 3.23. The standard InChI is InChI=1S/C17H12O2/c1-18-13-7-4-9-2-6-12-16-10(8-14-17(12)19-14)3-5-11(13)15(9)16/h2-8,14,17H,1H3. The van der Waals surface area contributed by atoms with E-state index >= 15 is 0 Å². The van der Waals surface area contributed by atoms with Crippen molar-refractivity contribution in [3.63, 3.8) is 0 Å². The second-order valence-electron chi connectivity index (χ2n) is 5.29. The number of fused-ring (bicyclic) bond motifs is 2. The average molecular weight is 248 g/mol. The van der Waals surface area contributed by atoms with Crippen LogP contribution in [0.2, 0.25) is 0 Å². The molecule has 0 N–H and O–H groups in total. The molecule has 1 fully saturated rings. The zero-order valence-corrected chi connectivity index (χ0v) is 10.5. The molecule has 92 valence electrons. The van der Waals surface area contributed by atoms with Crippen LogP contribution < -0.4 is 9.96 Å². The molecule has 0 radical (unpaired) electrons. The van der Waals surface area contributed by atoms with Crippen LogP contribution in [0.4, 0.5) is 0 Å². The molecular formula is C17H12O2. The van der Waals surface area contributed by atoms with Gasteiger partial charge in [-0.2, -0.15) is 0 Å². The zero-order valence-electron chi connectivity index (χ0n) is 10.5. The van der Waals surface area contributed by atoms with Gasteiger partial charge in [-0.05, 0) is 33.7 Å². The van der Waals surface area contributed by atoms with E-state index in [9.17, 15) is 0 Å². The molecule has 0 bridgehead atoms. The number of ether oxygens (including phenoxy) is 2. The Labute approximate surface area is 110 Å². The van der Waals surface area contributed by atoms with Gasteiger partial charge >= 0.3 is 0 Å². The highest BCUT2D eigenvalue weighted by Gasteiger charge is 2.41. The maximum Gasteiger partial charge on any atom is 0.126 e. The Morgan fingerprint density at radius 3 is 2.79 bits per heavy atom. The lowest BCUT2D eigenvalue weighted by Crippen LogP contribution is -2.11. The molecule has 2 heteroatoms. The lowest BCUT2D eigenvalue weighted by Gasteiger charge is -2.14. The predicted octanol–water partition coefficient (Wildman–Crippen LogP) is 2.95. The first-order valence-electron chi connectivity index (χ1n) is 6.56. The zero-order chi connectivity index (χ0) is 12.6. The van der Waals surface area contributed by atoms with Crippen molar-refractivity contribution in [2.24, 2.45) is 0 Å². The predicted molar refractivity (Wildman–Crippen MR) is 75.3 cm³/mol. The quantitative estimate of drug-likeness (QED) is 0.618. The van der Waals surface area contributed by atoms with Gasteiger partial charge in [0.1, 0.15) is 18.0 Å². The van der Waals surface area contributed by atoms with E-state index in [1.54, 1.807) is 7.11 Å². The molecule has 2 aliphatic rings. The molecule has 19 heavy (non-hydrogen) atoms. The molecule has 1 saturated heterocycles. The number of benzene rings is 3. The fraction of sp³-hybridized carbons (Fsp3) is 0.176. The van der Waals surface area contributed by atoms with Gasteiger partial charge in [-0.25, -0.2) is 0 Å². The normalized spacial score (nSPS) is 23.2. The van der Waals surface area contributed by atoms with Gasteiger partial charge in [-0.15, -0.1) is 0 Å². The molecule has 5 rings (SSSR count). The molecule has 2 unspecified atom stereocenters. The second-order valence-corrected chi connectivity index (χ2v) is 5.29. The number of rotatable bonds is 1. The van der Waals surface area contributed by atoms with Crippen LogP contribution in [0.15, 0.2) is 36.4 Å². The SMILES string of the molecule is COc1ccc2ccc3c4c(ccc1c24)=CC1OC31. The van der Waals surface area contributed by atoms with Crippen LogP contribution in [0.25, 0.3) is 27.6 Å². The van der Waals surface area contributed by atoms with Crippen molar-refractivity contribution < 1.29 is 9.47 Å². The van der Waals surface area contributed by atoms with Crippen molar-refractivity contribution >= 4 is 27.6 Å². The summed E-state index contributed by atoms with van der Waals surface area (Å²) in [6.07, 6.45) is 2.80. The number of hydrogen-bond donors (Lipinski definition) is 0. The van der Waals surface area contributed by atoms with E-state index in [1.807, 2.05) is 6.07 Å². The van der Waals surface area contributed by atoms with Gasteiger partial charge < -0.3 is 9.47 Å². The fourth-order valence-electron chi connectivity index (χ4n) is 3.41. The lowest BCUT2D eigenvalue weighted by atomic mass is 9.90. The van der Waals surface area contributed by atoms with Crippen LogP contribution >= 0.6 is 0 Å². The highest BCUT2D eigenvalue weighted by Crippen LogP contribution is 2.46. The number of epoxide rings is 1. The van der Waals surface area contributed by atoms with Crippen molar-refractivity contribution in [2.45, 2.75) is 12.2 Å². The van der Waals surface area contributed by atoms with Crippen LogP contribution in [0.1, 0.15) is 11.7 Å². The van der Waals surface area contributed by atoms with Gasteiger partial charge in [0.25, 0.3) is 0 Å². The summed E-state index contributed by atoms with van der Waals surface area (Å²) in [5.41, 5.74) is 1.33. The maximum absolute atomic E-state index is 5.72. The van der Waals surface area contributed by atoms with E-state index in [4.69, 9.17) is 9.47 Å². The molecule has 2 nitrogen and oxygen atoms in total. The van der Waals surface area contributed by atoms with Gasteiger partial charge in [0, 0.05) is 10.8 Å². The van der Waals surface area contributed by atoms with Crippen molar-refractivity contribution in [1.29, 1.82) is 0 Å². The molecule has 0 amide bonds. The third kappa shape index (κ3) is 1.11. The van der Waals surface area contributed by atoms with Gasteiger partial charge in [0.05, 0.1) is 7.11 Å². The van der Waals surface area contributed by atoms with Crippen LogP contribution in [0.5, 0.6) is 5.75 Å². The summed E-state index contributed by atoms with van der Waals surface area (Å²) in [4.78, 5) is 0. The van der Waals surface area contributed by atoms with E-state index in [0.717, 1.165) is 5.75 Å². The summed E-state index contributed by atoms with van der Waals surface area (Å²) in [5, 5.41) is 6.39. The van der Waals surface area contributed by atoms with E-state index in [1.165, 1.54) is 32.3 Å². The first-order valence-corrected chi connectivity index (χ1v) is 6.56. The fourth-order valence-corrected chi connectivity index (χ4v) is 3.41. The molecule has 2 atom stereocenters. The monoisotopic (exact) mass is 248 g/mol. The molecule has 1 heterocycles. The van der Waals surface area contributed by atoms with E-state index < -0.39 is 0 Å². The summed E-state index contributed by atoms with van der Waals surface area (Å²) < 4.78 is 11.2. The molecule has 3 aromatic rings. The highest BCUT2D eigenvalue weighted by atomic mass is 16.6. The Balaban J connectivity index is 2.10. The summed E-state index contributed by atoms with van der Waals surface area (Å²) in [7, 11) is 1.73. The minimum atomic E-state index is 0.272. The number of methoxy groups -OCH3 is 1. The summed E-state index contributed by atoms with van der Waals surface area (Å²) in [6.45, 7) is 0. The Kier molecular flexibility index (Phi) is 1.60. The smallest absolute Gasteiger partial charge is 0.126 e. The van der Waals surface area contributed by atoms with E-state index in [0.29, 0.717) is 0 Å². The van der Waals surface area contributed by atoms with Gasteiger partial charge in [-0.3, -0.25) is 0 Å². The van der Waals surface area contributed by atoms with Crippen LogP contribution in [-0.4, -0.2) is 13.2 Å². The minimum absolute atomic E-state index is 0.272. The second kappa shape index (κ2) is 3.09. The maximum atomic E-state index is 5.72. The molecular weight excluding hydrogens is 236 g/mol. The summed E-state index contributed by atoms with van der Waals surface area (Å²) in [5.74, 6) is 0.940. The van der Waals surface area contributed by atoms with Gasteiger partial charge in [0.2, 0.25) is 0 Å². The van der Waals surface area contributed by atoms with Gasteiger partial charge in [0.15, 0.2) is 0 Å². The largest absolute Gasteiger partial charge is 0.496 e. The van der Waals surface area contributed by atoms with Crippen molar-refractivity contribution in [1.82, 2.24) is 0 Å². The Bertz CT molecular complexity index is 895. The number of hydrogen-bond acceptors (Lipinski definition) is 2. The topological polar surface area (TPSA) is 21.8 Å². The third-order valence-electron chi connectivity index (χ3n) is 4.33. The third-order valence-corrected chi connectivity index (χ3v) is 4.33. The Hall–Kier alpha value is -2.06.